The number of aromatic nitrogens is 2. The minimum absolute atomic E-state index is 0.0807. The predicted octanol–water partition coefficient (Wildman–Crippen LogP) is 3.43. The molecule has 20 heavy (non-hydrogen) atoms. The molecule has 0 aliphatic heterocycles. The van der Waals surface area contributed by atoms with E-state index in [1.807, 2.05) is 31.2 Å². The van der Waals surface area contributed by atoms with Gasteiger partial charge in [-0.15, -0.1) is 0 Å². The van der Waals surface area contributed by atoms with Gasteiger partial charge in [-0.1, -0.05) is 35.0 Å². The van der Waals surface area contributed by atoms with E-state index in [4.69, 9.17) is 10.3 Å². The number of nitrogens with zero attached hydrogens (tertiary/aromatic N) is 2. The minimum Gasteiger partial charge on any atom is -0.398 e. The molecule has 1 aromatic heterocycles. The summed E-state index contributed by atoms with van der Waals surface area (Å²) < 4.78 is 18.9. The number of nitrogen functional groups attached to an aromatic ring is 1. The maximum Gasteiger partial charge on any atom is 0.263 e. The molecule has 2 N–H and O–H groups in total. The highest BCUT2D eigenvalue weighted by atomic mass is 19.1. The van der Waals surface area contributed by atoms with Crippen molar-refractivity contribution in [3.8, 4) is 22.8 Å². The lowest BCUT2D eigenvalue weighted by molar-refractivity contribution is 0.430. The second-order valence-electron chi connectivity index (χ2n) is 4.50. The molecule has 0 saturated carbocycles. The van der Waals surface area contributed by atoms with E-state index < -0.39 is 5.82 Å². The van der Waals surface area contributed by atoms with E-state index >= 15 is 0 Å². The predicted molar refractivity (Wildman–Crippen MR) is 74.3 cm³/mol. The molecule has 1 heterocycles. The van der Waals surface area contributed by atoms with Crippen molar-refractivity contribution in [3.05, 3.63) is 53.8 Å². The Labute approximate surface area is 115 Å². The fourth-order valence-corrected chi connectivity index (χ4v) is 1.99. The second kappa shape index (κ2) is 4.77. The van der Waals surface area contributed by atoms with Crippen LogP contribution in [0.2, 0.25) is 0 Å². The number of rotatable bonds is 2. The first-order chi connectivity index (χ1) is 9.65. The van der Waals surface area contributed by atoms with Gasteiger partial charge in [0.2, 0.25) is 5.82 Å². The van der Waals surface area contributed by atoms with Crippen LogP contribution in [0.3, 0.4) is 0 Å². The van der Waals surface area contributed by atoms with Crippen LogP contribution in [0.25, 0.3) is 22.8 Å². The van der Waals surface area contributed by atoms with E-state index in [2.05, 4.69) is 10.1 Å². The van der Waals surface area contributed by atoms with Gasteiger partial charge in [-0.05, 0) is 25.1 Å². The first-order valence-corrected chi connectivity index (χ1v) is 6.10. The Morgan fingerprint density at radius 2 is 1.95 bits per heavy atom. The van der Waals surface area contributed by atoms with E-state index in [0.29, 0.717) is 5.82 Å². The number of aryl methyl sites for hydroxylation is 1. The van der Waals surface area contributed by atoms with Crippen molar-refractivity contribution in [3.63, 3.8) is 0 Å². The van der Waals surface area contributed by atoms with Crippen LogP contribution in [0.1, 0.15) is 5.56 Å². The van der Waals surface area contributed by atoms with Gasteiger partial charge in [-0.3, -0.25) is 0 Å². The minimum atomic E-state index is -0.482. The average Bonchev–Trinajstić information content (AvgIpc) is 2.88. The normalized spacial score (nSPS) is 10.7. The standard InChI is InChI=1S/C15H12FN3O/c1-9-4-2-5-10(8-9)14-18-15(20-19-14)13-11(16)6-3-7-12(13)17/h2-8H,17H2,1H3. The van der Waals surface area contributed by atoms with Crippen LogP contribution in [-0.4, -0.2) is 10.1 Å². The van der Waals surface area contributed by atoms with Crippen molar-refractivity contribution in [2.24, 2.45) is 0 Å². The van der Waals surface area contributed by atoms with Crippen LogP contribution in [0.5, 0.6) is 0 Å². The summed E-state index contributed by atoms with van der Waals surface area (Å²) in [6.07, 6.45) is 0. The Hall–Kier alpha value is -2.69. The molecule has 0 bridgehead atoms. The molecule has 0 amide bonds. The molecule has 0 aliphatic carbocycles. The lowest BCUT2D eigenvalue weighted by atomic mass is 10.1. The van der Waals surface area contributed by atoms with Crippen LogP contribution in [0, 0.1) is 12.7 Å². The highest BCUT2D eigenvalue weighted by Gasteiger charge is 2.16. The van der Waals surface area contributed by atoms with Gasteiger partial charge in [0.25, 0.3) is 5.89 Å². The first-order valence-electron chi connectivity index (χ1n) is 6.10. The largest absolute Gasteiger partial charge is 0.398 e. The maximum atomic E-state index is 13.8. The van der Waals surface area contributed by atoms with Crippen molar-refractivity contribution < 1.29 is 8.91 Å². The average molecular weight is 269 g/mol. The Bertz CT molecular complexity index is 747. The van der Waals surface area contributed by atoms with Gasteiger partial charge in [0.1, 0.15) is 5.82 Å². The zero-order valence-electron chi connectivity index (χ0n) is 10.8. The summed E-state index contributed by atoms with van der Waals surface area (Å²) in [4.78, 5) is 4.22. The van der Waals surface area contributed by atoms with E-state index in [9.17, 15) is 4.39 Å². The number of nitrogens with two attached hydrogens (primary N) is 1. The summed E-state index contributed by atoms with van der Waals surface area (Å²) in [5.41, 5.74) is 8.06. The van der Waals surface area contributed by atoms with E-state index in [0.717, 1.165) is 11.1 Å². The van der Waals surface area contributed by atoms with Gasteiger partial charge in [-0.2, -0.15) is 4.98 Å². The van der Waals surface area contributed by atoms with E-state index in [1.54, 1.807) is 6.07 Å². The summed E-state index contributed by atoms with van der Waals surface area (Å²) in [5, 5.41) is 3.88. The third-order valence-electron chi connectivity index (χ3n) is 2.96. The summed E-state index contributed by atoms with van der Waals surface area (Å²) in [6, 6.07) is 12.1. The first kappa shape index (κ1) is 12.3. The smallest absolute Gasteiger partial charge is 0.263 e. The van der Waals surface area contributed by atoms with Crippen molar-refractivity contribution in [1.82, 2.24) is 10.1 Å². The van der Waals surface area contributed by atoms with Crippen LogP contribution in [0.15, 0.2) is 47.0 Å². The molecule has 100 valence electrons. The van der Waals surface area contributed by atoms with Gasteiger partial charge in [-0.25, -0.2) is 4.39 Å². The molecule has 0 saturated heterocycles. The number of hydrogen-bond acceptors (Lipinski definition) is 4. The number of anilines is 1. The maximum absolute atomic E-state index is 13.8. The molecule has 0 aliphatic rings. The molecule has 0 atom stereocenters. The van der Waals surface area contributed by atoms with Crippen LogP contribution in [0.4, 0.5) is 10.1 Å². The van der Waals surface area contributed by atoms with Crippen molar-refractivity contribution >= 4 is 5.69 Å². The lowest BCUT2D eigenvalue weighted by Gasteiger charge is -2.00. The monoisotopic (exact) mass is 269 g/mol. The zero-order valence-corrected chi connectivity index (χ0v) is 10.8. The fourth-order valence-electron chi connectivity index (χ4n) is 1.99. The second-order valence-corrected chi connectivity index (χ2v) is 4.50. The third kappa shape index (κ3) is 2.14. The summed E-state index contributed by atoms with van der Waals surface area (Å²) in [7, 11) is 0. The van der Waals surface area contributed by atoms with E-state index in [1.165, 1.54) is 12.1 Å². The number of hydrogen-bond donors (Lipinski definition) is 1. The zero-order chi connectivity index (χ0) is 14.1. The van der Waals surface area contributed by atoms with Gasteiger partial charge in [0, 0.05) is 11.3 Å². The molecule has 2 aromatic carbocycles. The topological polar surface area (TPSA) is 64.9 Å². The Kier molecular flexibility index (Phi) is 2.95. The molecule has 0 unspecified atom stereocenters. The van der Waals surface area contributed by atoms with Crippen LogP contribution in [-0.2, 0) is 0 Å². The molecule has 3 aromatic rings. The van der Waals surface area contributed by atoms with Crippen molar-refractivity contribution in [2.75, 3.05) is 5.73 Å². The van der Waals surface area contributed by atoms with Crippen molar-refractivity contribution in [2.45, 2.75) is 6.92 Å². The summed E-state index contributed by atoms with van der Waals surface area (Å²) >= 11 is 0. The Balaban J connectivity index is 2.07. The fraction of sp³-hybridized carbons (Fsp3) is 0.0667. The quantitative estimate of drug-likeness (QED) is 0.724. The molecule has 4 nitrogen and oxygen atoms in total. The molecular weight excluding hydrogens is 257 g/mol. The van der Waals surface area contributed by atoms with Crippen LogP contribution < -0.4 is 5.73 Å². The summed E-state index contributed by atoms with van der Waals surface area (Å²) in [5.74, 6) is 0.00732. The van der Waals surface area contributed by atoms with E-state index in [-0.39, 0.29) is 17.1 Å². The Morgan fingerprint density at radius 1 is 1.15 bits per heavy atom. The van der Waals surface area contributed by atoms with Gasteiger partial charge in [0.15, 0.2) is 0 Å². The van der Waals surface area contributed by atoms with Crippen molar-refractivity contribution in [1.29, 1.82) is 0 Å². The summed E-state index contributed by atoms with van der Waals surface area (Å²) in [6.45, 7) is 1.97. The van der Waals surface area contributed by atoms with Gasteiger partial charge in [0.05, 0.1) is 5.56 Å². The van der Waals surface area contributed by atoms with Crippen LogP contribution >= 0.6 is 0 Å². The molecule has 5 heteroatoms. The number of benzene rings is 2. The third-order valence-corrected chi connectivity index (χ3v) is 2.96. The molecule has 0 radical (unpaired) electrons. The van der Waals surface area contributed by atoms with Gasteiger partial charge >= 0.3 is 0 Å². The number of halogens is 1. The Morgan fingerprint density at radius 3 is 2.70 bits per heavy atom. The highest BCUT2D eigenvalue weighted by Crippen LogP contribution is 2.29. The lowest BCUT2D eigenvalue weighted by Crippen LogP contribution is -1.93. The molecule has 0 spiro atoms. The molecule has 3 rings (SSSR count). The van der Waals surface area contributed by atoms with Gasteiger partial charge < -0.3 is 10.3 Å². The molecular formula is C15H12FN3O. The highest BCUT2D eigenvalue weighted by molar-refractivity contribution is 5.72. The SMILES string of the molecule is Cc1cccc(-c2noc(-c3c(N)cccc3F)n2)c1. The molecule has 0 fully saturated rings.